The van der Waals surface area contributed by atoms with E-state index in [-0.39, 0.29) is 12.0 Å². The Morgan fingerprint density at radius 3 is 2.92 bits per heavy atom. The van der Waals surface area contributed by atoms with Crippen LogP contribution in [-0.2, 0) is 16.0 Å². The Morgan fingerprint density at radius 2 is 2.15 bits per heavy atom. The minimum atomic E-state index is -0.194. The first kappa shape index (κ1) is 18.5. The van der Waals surface area contributed by atoms with Crippen molar-refractivity contribution in [2.75, 3.05) is 6.61 Å². The second-order valence-electron chi connectivity index (χ2n) is 7.04. The summed E-state index contributed by atoms with van der Waals surface area (Å²) in [4.78, 5) is 18.4. The number of nitrogens with two attached hydrogens (primary N) is 1. The molecule has 5 heteroatoms. The highest BCUT2D eigenvalue weighted by molar-refractivity contribution is 5.80. The van der Waals surface area contributed by atoms with Gasteiger partial charge < -0.3 is 15.4 Å². The van der Waals surface area contributed by atoms with Crippen LogP contribution in [0.1, 0.15) is 44.6 Å². The zero-order valence-electron chi connectivity index (χ0n) is 15.5. The molecule has 5 nitrogen and oxygen atoms in total. The van der Waals surface area contributed by atoms with E-state index in [9.17, 15) is 4.79 Å². The smallest absolute Gasteiger partial charge is 0.309 e. The molecule has 3 rings (SSSR count). The van der Waals surface area contributed by atoms with Crippen molar-refractivity contribution >= 4 is 11.9 Å². The summed E-state index contributed by atoms with van der Waals surface area (Å²) in [6, 6.07) is 11.6. The van der Waals surface area contributed by atoms with E-state index in [1.54, 1.807) is 0 Å². The van der Waals surface area contributed by atoms with Gasteiger partial charge in [0.2, 0.25) is 0 Å². The molecule has 1 aromatic carbocycles. The predicted octanol–water partition coefficient (Wildman–Crippen LogP) is 3.05. The summed E-state index contributed by atoms with van der Waals surface area (Å²) in [5.74, 6) is 0.461. The number of aryl methyl sites for hydroxylation is 1. The first-order valence-corrected chi connectivity index (χ1v) is 9.65. The maximum atomic E-state index is 11.4. The van der Waals surface area contributed by atoms with Crippen LogP contribution >= 0.6 is 0 Å². The van der Waals surface area contributed by atoms with Crippen molar-refractivity contribution in [3.05, 3.63) is 48.0 Å². The fraction of sp³-hybridized carbons (Fsp3) is 0.524. The lowest BCUT2D eigenvalue weighted by atomic mass is 10.0. The molecule has 0 bridgehead atoms. The number of fused-ring (bicyclic) bond motifs is 1. The van der Waals surface area contributed by atoms with Gasteiger partial charge >= 0.3 is 5.97 Å². The number of carbonyl (C=O) groups is 1. The van der Waals surface area contributed by atoms with Crippen LogP contribution in [0.5, 0.6) is 0 Å². The van der Waals surface area contributed by atoms with E-state index in [4.69, 9.17) is 10.5 Å². The number of benzene rings is 1. The van der Waals surface area contributed by atoms with E-state index in [2.05, 4.69) is 40.2 Å². The lowest BCUT2D eigenvalue weighted by molar-refractivity contribution is -0.142. The van der Waals surface area contributed by atoms with Gasteiger partial charge in [0.25, 0.3) is 0 Å². The Labute approximate surface area is 155 Å². The number of esters is 1. The van der Waals surface area contributed by atoms with E-state index in [0.717, 1.165) is 25.7 Å². The molecule has 1 saturated heterocycles. The van der Waals surface area contributed by atoms with Gasteiger partial charge in [-0.3, -0.25) is 4.79 Å². The van der Waals surface area contributed by atoms with Crippen molar-refractivity contribution in [2.24, 2.45) is 10.7 Å². The number of nitrogens with zero attached hydrogens (tertiary/aromatic N) is 2. The molecule has 1 aromatic rings. The van der Waals surface area contributed by atoms with Crippen LogP contribution in [0.25, 0.3) is 0 Å². The van der Waals surface area contributed by atoms with Crippen LogP contribution in [0.4, 0.5) is 0 Å². The minimum absolute atomic E-state index is 0.0681. The van der Waals surface area contributed by atoms with Crippen molar-refractivity contribution in [2.45, 2.75) is 63.6 Å². The van der Waals surface area contributed by atoms with Gasteiger partial charge in [0, 0.05) is 12.1 Å². The van der Waals surface area contributed by atoms with Crippen LogP contribution in [0, 0.1) is 0 Å². The summed E-state index contributed by atoms with van der Waals surface area (Å²) in [5, 5.41) is 0. The quantitative estimate of drug-likeness (QED) is 0.603. The highest BCUT2D eigenvalue weighted by Gasteiger charge is 2.38. The standard InChI is InChI=1S/C21H29N3O2/c1-2-26-20(25)10-6-9-17-15-19-14-13-18(24(19)21(22)23-17)12-11-16-7-4-3-5-8-16/h3-9,17-19H,2,10-15H2,1H3,(H2,22,23)/b9-6+/t17-,18-,19+/m0/s1. The van der Waals surface area contributed by atoms with Gasteiger partial charge in [0.15, 0.2) is 5.96 Å². The van der Waals surface area contributed by atoms with Crippen molar-refractivity contribution in [3.8, 4) is 0 Å². The lowest BCUT2D eigenvalue weighted by Gasteiger charge is -2.36. The van der Waals surface area contributed by atoms with Gasteiger partial charge in [-0.2, -0.15) is 0 Å². The van der Waals surface area contributed by atoms with E-state index in [1.807, 2.05) is 19.1 Å². The summed E-state index contributed by atoms with van der Waals surface area (Å²) in [6.07, 6.45) is 9.65. The van der Waals surface area contributed by atoms with Gasteiger partial charge in [-0.25, -0.2) is 4.99 Å². The van der Waals surface area contributed by atoms with E-state index < -0.39 is 0 Å². The molecule has 3 atom stereocenters. The summed E-state index contributed by atoms with van der Waals surface area (Å²) in [5.41, 5.74) is 7.68. The minimum Gasteiger partial charge on any atom is -0.466 e. The second kappa shape index (κ2) is 8.88. The Morgan fingerprint density at radius 1 is 1.35 bits per heavy atom. The first-order valence-electron chi connectivity index (χ1n) is 9.65. The van der Waals surface area contributed by atoms with Crippen molar-refractivity contribution < 1.29 is 9.53 Å². The molecule has 0 spiro atoms. The van der Waals surface area contributed by atoms with E-state index >= 15 is 0 Å². The predicted molar refractivity (Wildman–Crippen MR) is 104 cm³/mol. The van der Waals surface area contributed by atoms with Crippen LogP contribution in [0.15, 0.2) is 47.5 Å². The molecule has 0 aromatic heterocycles. The lowest BCUT2D eigenvalue weighted by Crippen LogP contribution is -2.50. The van der Waals surface area contributed by atoms with Gasteiger partial charge in [-0.1, -0.05) is 42.5 Å². The molecule has 0 saturated carbocycles. The summed E-state index contributed by atoms with van der Waals surface area (Å²) >= 11 is 0. The topological polar surface area (TPSA) is 67.9 Å². The molecule has 2 heterocycles. The Kier molecular flexibility index (Phi) is 6.31. The Bertz CT molecular complexity index is 656. The van der Waals surface area contributed by atoms with Crippen LogP contribution in [-0.4, -0.2) is 41.6 Å². The Hall–Kier alpha value is -2.30. The monoisotopic (exact) mass is 355 g/mol. The average Bonchev–Trinajstić information content (AvgIpc) is 3.05. The third-order valence-corrected chi connectivity index (χ3v) is 5.25. The number of guanidine groups is 1. The molecule has 0 radical (unpaired) electrons. The average molecular weight is 355 g/mol. The fourth-order valence-electron chi connectivity index (χ4n) is 4.06. The zero-order valence-corrected chi connectivity index (χ0v) is 15.5. The number of hydrogen-bond donors (Lipinski definition) is 1. The van der Waals surface area contributed by atoms with Gasteiger partial charge in [-0.05, 0) is 44.6 Å². The van der Waals surface area contributed by atoms with Crippen molar-refractivity contribution in [1.29, 1.82) is 0 Å². The maximum Gasteiger partial charge on any atom is 0.309 e. The molecule has 2 N–H and O–H groups in total. The van der Waals surface area contributed by atoms with Crippen LogP contribution < -0.4 is 5.73 Å². The maximum absolute atomic E-state index is 11.4. The van der Waals surface area contributed by atoms with Crippen LogP contribution in [0.2, 0.25) is 0 Å². The summed E-state index contributed by atoms with van der Waals surface area (Å²) < 4.78 is 4.94. The van der Waals surface area contributed by atoms with E-state index in [0.29, 0.717) is 31.1 Å². The van der Waals surface area contributed by atoms with Gasteiger partial charge in [-0.15, -0.1) is 0 Å². The van der Waals surface area contributed by atoms with Crippen molar-refractivity contribution in [3.63, 3.8) is 0 Å². The zero-order chi connectivity index (χ0) is 18.4. The normalized spacial score (nSPS) is 25.2. The largest absolute Gasteiger partial charge is 0.466 e. The highest BCUT2D eigenvalue weighted by atomic mass is 16.5. The van der Waals surface area contributed by atoms with E-state index in [1.165, 1.54) is 12.0 Å². The molecule has 26 heavy (non-hydrogen) atoms. The summed E-state index contributed by atoms with van der Waals surface area (Å²) in [6.45, 7) is 2.24. The first-order chi connectivity index (χ1) is 12.7. The van der Waals surface area contributed by atoms with Crippen molar-refractivity contribution in [1.82, 2.24) is 4.90 Å². The van der Waals surface area contributed by atoms with Gasteiger partial charge in [0.05, 0.1) is 19.1 Å². The molecule has 0 amide bonds. The van der Waals surface area contributed by atoms with Crippen LogP contribution in [0.3, 0.4) is 0 Å². The molecule has 2 aliphatic rings. The number of aliphatic imine (C=N–C) groups is 1. The molecule has 0 unspecified atom stereocenters. The van der Waals surface area contributed by atoms with Gasteiger partial charge in [0.1, 0.15) is 0 Å². The summed E-state index contributed by atoms with van der Waals surface area (Å²) in [7, 11) is 0. The number of rotatable bonds is 7. The second-order valence-corrected chi connectivity index (χ2v) is 7.04. The SMILES string of the molecule is CCOC(=O)C/C=C/[C@H]1C[C@H]2CC[C@H](CCc3ccccc3)N2C(N)=N1. The molecule has 2 aliphatic heterocycles. The number of hydrogen-bond acceptors (Lipinski definition) is 5. The number of ether oxygens (including phenoxy) is 1. The Balaban J connectivity index is 1.55. The number of carbonyl (C=O) groups excluding carboxylic acids is 1. The molecule has 1 fully saturated rings. The highest BCUT2D eigenvalue weighted by Crippen LogP contribution is 2.33. The molecule has 140 valence electrons. The molecular formula is C21H29N3O2. The fourth-order valence-corrected chi connectivity index (χ4v) is 4.06. The third kappa shape index (κ3) is 4.65. The molecule has 0 aliphatic carbocycles. The third-order valence-electron chi connectivity index (χ3n) is 5.25. The molecular weight excluding hydrogens is 326 g/mol.